The second-order valence-corrected chi connectivity index (χ2v) is 4.66. The first-order valence-electron chi connectivity index (χ1n) is 5.79. The molecule has 0 fully saturated rings. The highest BCUT2D eigenvalue weighted by Crippen LogP contribution is 2.34. The summed E-state index contributed by atoms with van der Waals surface area (Å²) in [5.74, 6) is 1.08. The third kappa shape index (κ3) is 2.11. The van der Waals surface area contributed by atoms with E-state index in [1.807, 2.05) is 30.3 Å². The smallest absolute Gasteiger partial charge is 0.261 e. The van der Waals surface area contributed by atoms with Gasteiger partial charge in [-0.15, -0.1) is 5.10 Å². The first kappa shape index (κ1) is 11.9. The maximum Gasteiger partial charge on any atom is 0.261 e. The van der Waals surface area contributed by atoms with Crippen LogP contribution in [0.15, 0.2) is 42.6 Å². The number of aryl methyl sites for hydroxylation is 1. The zero-order chi connectivity index (χ0) is 13.4. The molecule has 4 nitrogen and oxygen atoms in total. The van der Waals surface area contributed by atoms with Gasteiger partial charge in [0.1, 0.15) is 11.4 Å². The number of halogens is 1. The molecular formula is C14H12ClN3O. The van der Waals surface area contributed by atoms with Gasteiger partial charge in [0, 0.05) is 22.8 Å². The zero-order valence-electron chi connectivity index (χ0n) is 10.3. The Morgan fingerprint density at radius 2 is 1.89 bits per heavy atom. The van der Waals surface area contributed by atoms with E-state index in [0.717, 1.165) is 10.8 Å². The van der Waals surface area contributed by atoms with E-state index in [-0.39, 0.29) is 0 Å². The summed E-state index contributed by atoms with van der Waals surface area (Å²) in [6.07, 6.45) is 1.70. The Hall–Kier alpha value is -2.20. The van der Waals surface area contributed by atoms with Gasteiger partial charge in [-0.1, -0.05) is 35.9 Å². The van der Waals surface area contributed by atoms with Crippen molar-refractivity contribution in [3.8, 4) is 11.6 Å². The summed E-state index contributed by atoms with van der Waals surface area (Å²) in [6, 6.07) is 11.4. The highest BCUT2D eigenvalue weighted by molar-refractivity contribution is 6.35. The van der Waals surface area contributed by atoms with Gasteiger partial charge in [-0.05, 0) is 12.1 Å². The summed E-state index contributed by atoms with van der Waals surface area (Å²) in [6.45, 7) is 0. The number of aromatic nitrogens is 2. The van der Waals surface area contributed by atoms with Crippen molar-refractivity contribution in [1.29, 1.82) is 0 Å². The number of benzene rings is 2. The summed E-state index contributed by atoms with van der Waals surface area (Å²) in [5, 5.41) is 6.73. The fraction of sp³-hybridized carbons (Fsp3) is 0.0714. The molecule has 0 amide bonds. The molecule has 3 rings (SSSR count). The minimum atomic E-state index is 0.398. The molecule has 1 aromatic heterocycles. The SMILES string of the molecule is Cn1cc(N)c(Oc2ccc(Cl)c3ccccc23)n1. The number of ether oxygens (including phenoxy) is 1. The molecule has 5 heteroatoms. The Bertz CT molecular complexity index is 752. The van der Waals surface area contributed by atoms with Crippen LogP contribution in [0, 0.1) is 0 Å². The summed E-state index contributed by atoms with van der Waals surface area (Å²) >= 11 is 6.17. The minimum absolute atomic E-state index is 0.398. The van der Waals surface area contributed by atoms with Gasteiger partial charge in [-0.2, -0.15) is 0 Å². The van der Waals surface area contributed by atoms with Crippen molar-refractivity contribution in [3.05, 3.63) is 47.6 Å². The minimum Gasteiger partial charge on any atom is -0.435 e. The summed E-state index contributed by atoms with van der Waals surface area (Å²) < 4.78 is 7.40. The predicted octanol–water partition coefficient (Wildman–Crippen LogP) is 3.60. The molecular weight excluding hydrogens is 262 g/mol. The Morgan fingerprint density at radius 3 is 2.58 bits per heavy atom. The molecule has 2 aromatic carbocycles. The van der Waals surface area contributed by atoms with E-state index in [0.29, 0.717) is 22.3 Å². The molecule has 3 aromatic rings. The number of fused-ring (bicyclic) bond motifs is 1. The van der Waals surface area contributed by atoms with Crippen molar-refractivity contribution in [2.45, 2.75) is 0 Å². The van der Waals surface area contributed by atoms with Gasteiger partial charge in [0.2, 0.25) is 0 Å². The Morgan fingerprint density at radius 1 is 1.16 bits per heavy atom. The van der Waals surface area contributed by atoms with Gasteiger partial charge < -0.3 is 10.5 Å². The average molecular weight is 274 g/mol. The predicted molar refractivity (Wildman–Crippen MR) is 76.7 cm³/mol. The average Bonchev–Trinajstić information content (AvgIpc) is 2.72. The van der Waals surface area contributed by atoms with Crippen LogP contribution in [0.2, 0.25) is 5.02 Å². The molecule has 96 valence electrons. The van der Waals surface area contributed by atoms with Crippen LogP contribution in [-0.2, 0) is 7.05 Å². The lowest BCUT2D eigenvalue weighted by molar-refractivity contribution is 0.461. The number of anilines is 1. The standard InChI is InChI=1S/C14H12ClN3O/c1-18-8-12(16)14(17-18)19-13-7-6-11(15)9-4-2-3-5-10(9)13/h2-8H,16H2,1H3. The topological polar surface area (TPSA) is 53.1 Å². The highest BCUT2D eigenvalue weighted by Gasteiger charge is 2.10. The van der Waals surface area contributed by atoms with Gasteiger partial charge >= 0.3 is 0 Å². The number of nitrogen functional groups attached to an aromatic ring is 1. The molecule has 0 aliphatic heterocycles. The van der Waals surface area contributed by atoms with Crippen LogP contribution in [0.4, 0.5) is 5.69 Å². The largest absolute Gasteiger partial charge is 0.435 e. The Balaban J connectivity index is 2.11. The quantitative estimate of drug-likeness (QED) is 0.776. The van der Waals surface area contributed by atoms with Gasteiger partial charge in [0.15, 0.2) is 0 Å². The highest BCUT2D eigenvalue weighted by atomic mass is 35.5. The molecule has 2 N–H and O–H groups in total. The van der Waals surface area contributed by atoms with E-state index in [1.54, 1.807) is 24.0 Å². The van der Waals surface area contributed by atoms with E-state index in [4.69, 9.17) is 22.1 Å². The van der Waals surface area contributed by atoms with Gasteiger partial charge in [-0.3, -0.25) is 4.68 Å². The molecule has 19 heavy (non-hydrogen) atoms. The Labute approximate surface area is 115 Å². The molecule has 0 aliphatic rings. The van der Waals surface area contributed by atoms with E-state index >= 15 is 0 Å². The fourth-order valence-electron chi connectivity index (χ4n) is 1.99. The lowest BCUT2D eigenvalue weighted by Gasteiger charge is -2.08. The molecule has 0 aliphatic carbocycles. The van der Waals surface area contributed by atoms with Crippen LogP contribution in [0.25, 0.3) is 10.8 Å². The lowest BCUT2D eigenvalue weighted by atomic mass is 10.1. The van der Waals surface area contributed by atoms with E-state index in [2.05, 4.69) is 5.10 Å². The van der Waals surface area contributed by atoms with Gasteiger partial charge in [0.05, 0.1) is 6.20 Å². The number of nitrogens with zero attached hydrogens (tertiary/aromatic N) is 2. The molecule has 0 saturated carbocycles. The van der Waals surface area contributed by atoms with E-state index in [9.17, 15) is 0 Å². The first-order chi connectivity index (χ1) is 9.15. The van der Waals surface area contributed by atoms with Gasteiger partial charge in [-0.25, -0.2) is 0 Å². The van der Waals surface area contributed by atoms with Crippen LogP contribution in [0.3, 0.4) is 0 Å². The number of hydrogen-bond acceptors (Lipinski definition) is 3. The molecule has 0 radical (unpaired) electrons. The lowest BCUT2D eigenvalue weighted by Crippen LogP contribution is -1.92. The van der Waals surface area contributed by atoms with Crippen LogP contribution < -0.4 is 10.5 Å². The molecule has 0 saturated heterocycles. The van der Waals surface area contributed by atoms with Gasteiger partial charge in [0.25, 0.3) is 5.88 Å². The number of nitrogens with two attached hydrogens (primary N) is 1. The third-order valence-electron chi connectivity index (χ3n) is 2.86. The third-order valence-corrected chi connectivity index (χ3v) is 3.19. The second-order valence-electron chi connectivity index (χ2n) is 4.26. The fourth-order valence-corrected chi connectivity index (χ4v) is 2.22. The van der Waals surface area contributed by atoms with Crippen LogP contribution in [0.1, 0.15) is 0 Å². The maximum absolute atomic E-state index is 6.17. The van der Waals surface area contributed by atoms with E-state index in [1.165, 1.54) is 0 Å². The van der Waals surface area contributed by atoms with Crippen LogP contribution >= 0.6 is 11.6 Å². The summed E-state index contributed by atoms with van der Waals surface area (Å²) in [7, 11) is 1.79. The van der Waals surface area contributed by atoms with Crippen LogP contribution in [-0.4, -0.2) is 9.78 Å². The zero-order valence-corrected chi connectivity index (χ0v) is 11.1. The second kappa shape index (κ2) is 4.48. The summed E-state index contributed by atoms with van der Waals surface area (Å²) in [5.41, 5.74) is 6.33. The number of rotatable bonds is 2. The maximum atomic E-state index is 6.17. The van der Waals surface area contributed by atoms with Crippen molar-refractivity contribution in [3.63, 3.8) is 0 Å². The molecule has 1 heterocycles. The van der Waals surface area contributed by atoms with Crippen molar-refractivity contribution in [2.24, 2.45) is 7.05 Å². The number of hydrogen-bond donors (Lipinski definition) is 1. The normalized spacial score (nSPS) is 10.8. The van der Waals surface area contributed by atoms with Crippen LogP contribution in [0.5, 0.6) is 11.6 Å². The monoisotopic (exact) mass is 273 g/mol. The Kier molecular flexibility index (Phi) is 2.80. The van der Waals surface area contributed by atoms with Crippen molar-refractivity contribution >= 4 is 28.1 Å². The molecule has 0 spiro atoms. The first-order valence-corrected chi connectivity index (χ1v) is 6.17. The van der Waals surface area contributed by atoms with E-state index < -0.39 is 0 Å². The van der Waals surface area contributed by atoms with Crippen molar-refractivity contribution in [1.82, 2.24) is 9.78 Å². The summed E-state index contributed by atoms with van der Waals surface area (Å²) in [4.78, 5) is 0. The molecule has 0 atom stereocenters. The molecule has 0 unspecified atom stereocenters. The van der Waals surface area contributed by atoms with Crippen molar-refractivity contribution < 1.29 is 4.74 Å². The van der Waals surface area contributed by atoms with Crippen molar-refractivity contribution in [2.75, 3.05) is 5.73 Å². The molecule has 0 bridgehead atoms.